The number of halogens is 1. The second-order valence-electron chi connectivity index (χ2n) is 3.69. The first-order chi connectivity index (χ1) is 6.89. The molecule has 1 unspecified atom stereocenters. The van der Waals surface area contributed by atoms with E-state index in [1.54, 1.807) is 0 Å². The molecule has 0 saturated heterocycles. The Morgan fingerprint density at radius 2 is 2.13 bits per heavy atom. The van der Waals surface area contributed by atoms with Crippen LogP contribution in [0.25, 0.3) is 0 Å². The number of carbonyl (C=O) groups excluding carboxylic acids is 1. The molecular weight excluding hydrogens is 257 g/mol. The van der Waals surface area contributed by atoms with Crippen molar-refractivity contribution in [2.75, 3.05) is 13.7 Å². The Hall–Kier alpha value is 0.170. The molecule has 0 spiro atoms. The van der Waals surface area contributed by atoms with Gasteiger partial charge in [0, 0.05) is 10.7 Å². The van der Waals surface area contributed by atoms with Crippen LogP contribution in [0.4, 0.5) is 0 Å². The Kier molecular flexibility index (Phi) is 7.53. The fraction of sp³-hybridized carbons (Fsp3) is 0.875. The Morgan fingerprint density at radius 3 is 2.53 bits per heavy atom. The van der Waals surface area contributed by atoms with Gasteiger partial charge in [-0.3, -0.25) is 4.79 Å². The first-order valence-electron chi connectivity index (χ1n) is 4.41. The van der Waals surface area contributed by atoms with E-state index in [0.717, 1.165) is 10.6 Å². The molecule has 4 nitrogen and oxygen atoms in total. The molecule has 0 N–H and O–H groups in total. The average molecular weight is 273 g/mol. The molecule has 0 rings (SSSR count). The van der Waals surface area contributed by atoms with Crippen LogP contribution in [-0.4, -0.2) is 25.2 Å². The maximum Gasteiger partial charge on any atom is 0.464 e. The van der Waals surface area contributed by atoms with Crippen molar-refractivity contribution in [3.05, 3.63) is 0 Å². The molecule has 1 atom stereocenters. The van der Waals surface area contributed by atoms with Crippen LogP contribution < -0.4 is 0 Å². The Bertz CT molecular complexity index is 237. The Labute approximate surface area is 99.9 Å². The van der Waals surface area contributed by atoms with Crippen LogP contribution >= 0.6 is 28.4 Å². The summed E-state index contributed by atoms with van der Waals surface area (Å²) in [6, 6.07) is 0. The minimum absolute atomic E-state index is 0.253. The van der Waals surface area contributed by atoms with Crippen LogP contribution in [0, 0.1) is 0 Å². The van der Waals surface area contributed by atoms with Gasteiger partial charge < -0.3 is 4.74 Å². The first kappa shape index (κ1) is 15.2. The lowest BCUT2D eigenvalue weighted by atomic mass is 10.2. The molecule has 0 radical (unpaired) electrons. The molecule has 0 aromatic rings. The van der Waals surface area contributed by atoms with Gasteiger partial charge in [0.15, 0.2) is 0 Å². The maximum atomic E-state index is 11.3. The van der Waals surface area contributed by atoms with Crippen LogP contribution in [0.15, 0.2) is 4.74 Å². The molecule has 0 fully saturated rings. The van der Waals surface area contributed by atoms with Crippen molar-refractivity contribution >= 4 is 34.4 Å². The summed E-state index contributed by atoms with van der Waals surface area (Å²) in [7, 11) is 7.05. The van der Waals surface area contributed by atoms with Gasteiger partial charge in [-0.2, -0.15) is 4.52 Å². The van der Waals surface area contributed by atoms with E-state index >= 15 is 0 Å². The van der Waals surface area contributed by atoms with Crippen LogP contribution in [0.2, 0.25) is 0 Å². The molecule has 88 valence electrons. The van der Waals surface area contributed by atoms with Gasteiger partial charge in [0.25, 0.3) is 0 Å². The van der Waals surface area contributed by atoms with Crippen molar-refractivity contribution in [2.24, 2.45) is 4.74 Å². The molecule has 15 heavy (non-hydrogen) atoms. The van der Waals surface area contributed by atoms with E-state index < -0.39 is 12.7 Å². The second kappa shape index (κ2) is 7.44. The lowest BCUT2D eigenvalue weighted by Crippen LogP contribution is -2.24. The zero-order chi connectivity index (χ0) is 11.9. The predicted molar refractivity (Wildman–Crippen MR) is 65.1 cm³/mol. The molecular formula is C8H16ClNO3PS+. The third-order valence-corrected chi connectivity index (χ3v) is 4.24. The van der Waals surface area contributed by atoms with Gasteiger partial charge in [-0.1, -0.05) is 4.74 Å². The molecule has 0 amide bonds. The number of carbonyl (C=O) groups is 1. The summed E-state index contributed by atoms with van der Waals surface area (Å²) >= 11 is 0. The molecule has 0 bridgehead atoms. The number of hydrogen-bond donors (Lipinski definition) is 0. The highest BCUT2D eigenvalue weighted by Crippen LogP contribution is 2.44. The van der Waals surface area contributed by atoms with Gasteiger partial charge in [-0.05, 0) is 20.8 Å². The molecule has 0 saturated carbocycles. The van der Waals surface area contributed by atoms with E-state index in [9.17, 15) is 4.79 Å². The van der Waals surface area contributed by atoms with Crippen molar-refractivity contribution in [3.8, 4) is 0 Å². The Balaban J connectivity index is 3.87. The van der Waals surface area contributed by atoms with E-state index in [-0.39, 0.29) is 12.4 Å². The fourth-order valence-electron chi connectivity index (χ4n) is 0.723. The van der Waals surface area contributed by atoms with Gasteiger partial charge >= 0.3 is 13.1 Å². The minimum atomic E-state index is -1.02. The molecule has 0 aromatic carbocycles. The van der Waals surface area contributed by atoms with Gasteiger partial charge in [0.2, 0.25) is 10.6 Å². The van der Waals surface area contributed by atoms with Crippen LogP contribution in [0.3, 0.4) is 0 Å². The Morgan fingerprint density at radius 1 is 1.53 bits per heavy atom. The smallest absolute Gasteiger partial charge is 0.460 e. The zero-order valence-corrected chi connectivity index (χ0v) is 11.8. The number of nitrogens with zero attached hydrogens (tertiary/aromatic N) is 1. The summed E-state index contributed by atoms with van der Waals surface area (Å²) in [4.78, 5) is 11.3. The van der Waals surface area contributed by atoms with Crippen LogP contribution in [0.5, 0.6) is 0 Å². The molecule has 0 aromatic heterocycles. The highest BCUT2D eigenvalue weighted by Gasteiger charge is 2.17. The standard InChI is InChI=1S/C8H16ClNO3PS/c1-8(2,3)13-7(11)5-6-10-14(12-4)15-9/h5-6H2,1-4H3/q+1. The van der Waals surface area contributed by atoms with Crippen molar-refractivity contribution in [2.45, 2.75) is 32.8 Å². The largest absolute Gasteiger partial charge is 0.464 e. The van der Waals surface area contributed by atoms with E-state index in [1.165, 1.54) is 7.11 Å². The maximum absolute atomic E-state index is 11.3. The average Bonchev–Trinajstić information content (AvgIpc) is 2.09. The molecule has 0 aliphatic heterocycles. The highest BCUT2D eigenvalue weighted by molar-refractivity contribution is 8.63. The zero-order valence-electron chi connectivity index (χ0n) is 9.32. The monoisotopic (exact) mass is 272 g/mol. The predicted octanol–water partition coefficient (Wildman–Crippen LogP) is 3.75. The van der Waals surface area contributed by atoms with Gasteiger partial charge in [-0.25, -0.2) is 0 Å². The van der Waals surface area contributed by atoms with E-state index in [1.807, 2.05) is 20.8 Å². The lowest BCUT2D eigenvalue weighted by Gasteiger charge is -2.18. The van der Waals surface area contributed by atoms with E-state index in [4.69, 9.17) is 19.9 Å². The normalized spacial score (nSPS) is 12.7. The van der Waals surface area contributed by atoms with E-state index in [0.29, 0.717) is 6.54 Å². The van der Waals surface area contributed by atoms with Crippen molar-refractivity contribution in [3.63, 3.8) is 0 Å². The summed E-state index contributed by atoms with van der Waals surface area (Å²) in [6.07, 6.45) is 0.261. The number of rotatable bonds is 5. The minimum Gasteiger partial charge on any atom is -0.460 e. The molecule has 0 heterocycles. The third-order valence-electron chi connectivity index (χ3n) is 1.17. The topological polar surface area (TPSA) is 47.9 Å². The number of esters is 1. The summed E-state index contributed by atoms with van der Waals surface area (Å²) in [5, 5.41) is 0. The quantitative estimate of drug-likeness (QED) is 0.565. The van der Waals surface area contributed by atoms with Crippen molar-refractivity contribution in [1.29, 1.82) is 0 Å². The second-order valence-corrected chi connectivity index (χ2v) is 7.55. The SMILES string of the molecule is CO[P+](=NCCC(=O)OC(C)(C)C)SCl. The van der Waals surface area contributed by atoms with Crippen LogP contribution in [0.1, 0.15) is 27.2 Å². The lowest BCUT2D eigenvalue weighted by molar-refractivity contribution is -0.154. The molecule has 0 aliphatic carbocycles. The van der Waals surface area contributed by atoms with E-state index in [2.05, 4.69) is 4.74 Å². The molecule has 0 aliphatic rings. The molecule has 7 heteroatoms. The number of hydrogen-bond acceptors (Lipinski definition) is 5. The highest BCUT2D eigenvalue weighted by atomic mass is 35.7. The number of ether oxygens (including phenoxy) is 1. The summed E-state index contributed by atoms with van der Waals surface area (Å²) in [5.74, 6) is -0.253. The van der Waals surface area contributed by atoms with Gasteiger partial charge in [0.05, 0.1) is 20.1 Å². The van der Waals surface area contributed by atoms with Crippen molar-refractivity contribution < 1.29 is 14.1 Å². The first-order valence-corrected chi connectivity index (χ1v) is 7.87. The summed E-state index contributed by atoms with van der Waals surface area (Å²) in [6.45, 7) is 5.88. The van der Waals surface area contributed by atoms with Crippen LogP contribution in [-0.2, 0) is 14.1 Å². The van der Waals surface area contributed by atoms with Gasteiger partial charge in [0.1, 0.15) is 5.60 Å². The summed E-state index contributed by atoms with van der Waals surface area (Å²) < 4.78 is 14.2. The van der Waals surface area contributed by atoms with Crippen molar-refractivity contribution in [1.82, 2.24) is 0 Å². The summed E-state index contributed by atoms with van der Waals surface area (Å²) in [5.41, 5.74) is -0.440. The third kappa shape index (κ3) is 9.12. The van der Waals surface area contributed by atoms with Gasteiger partial charge in [-0.15, -0.1) is 0 Å². The fourth-order valence-corrected chi connectivity index (χ4v) is 2.65.